The van der Waals surface area contributed by atoms with Crippen LogP contribution in [0.3, 0.4) is 0 Å². The minimum absolute atomic E-state index is 0.157. The monoisotopic (exact) mass is 313 g/mol. The van der Waals surface area contributed by atoms with Crippen LogP contribution in [-0.4, -0.2) is 32.8 Å². The fourth-order valence-corrected chi connectivity index (χ4v) is 3.04. The number of carboxylic acids is 1. The molecule has 23 heavy (non-hydrogen) atoms. The Hall–Kier alpha value is -2.63. The molecule has 1 heterocycles. The van der Waals surface area contributed by atoms with Gasteiger partial charge in [-0.3, -0.25) is 9.59 Å². The molecule has 0 radical (unpaired) electrons. The number of carboxylic acid groups (broad SMARTS) is 1. The van der Waals surface area contributed by atoms with Crippen LogP contribution in [0, 0.1) is 5.92 Å². The standard InChI is InChI=1S/C17H19N3O3/c21-16(19-15-8-4-7-14(15)17(22)23)9-12-10-18-20(11-12)13-5-2-1-3-6-13/h1-3,5-6,10-11,14-15H,4,7-9H2,(H,19,21)(H,22,23)/t14-,15+/m1/s1. The highest BCUT2D eigenvalue weighted by Gasteiger charge is 2.33. The number of aromatic nitrogens is 2. The summed E-state index contributed by atoms with van der Waals surface area (Å²) in [5, 5.41) is 16.3. The van der Waals surface area contributed by atoms with Crippen LogP contribution < -0.4 is 5.32 Å². The van der Waals surface area contributed by atoms with Crippen LogP contribution in [0.25, 0.3) is 5.69 Å². The minimum Gasteiger partial charge on any atom is -0.481 e. The number of carbonyl (C=O) groups is 2. The van der Waals surface area contributed by atoms with Gasteiger partial charge in [0.25, 0.3) is 0 Å². The first kappa shape index (κ1) is 15.3. The molecule has 1 aromatic heterocycles. The number of carbonyl (C=O) groups excluding carboxylic acids is 1. The quantitative estimate of drug-likeness (QED) is 0.881. The van der Waals surface area contributed by atoms with Crippen LogP contribution in [0.4, 0.5) is 0 Å². The smallest absolute Gasteiger partial charge is 0.308 e. The summed E-state index contributed by atoms with van der Waals surface area (Å²) >= 11 is 0. The van der Waals surface area contributed by atoms with Crippen LogP contribution in [-0.2, 0) is 16.0 Å². The summed E-state index contributed by atoms with van der Waals surface area (Å²) in [5.74, 6) is -1.45. The second-order valence-electron chi connectivity index (χ2n) is 5.86. The number of amides is 1. The third-order valence-electron chi connectivity index (χ3n) is 4.20. The van der Waals surface area contributed by atoms with Crippen molar-refractivity contribution in [2.24, 2.45) is 5.92 Å². The second-order valence-corrected chi connectivity index (χ2v) is 5.86. The number of rotatable bonds is 5. The van der Waals surface area contributed by atoms with E-state index in [0.29, 0.717) is 6.42 Å². The summed E-state index contributed by atoms with van der Waals surface area (Å²) in [6.07, 6.45) is 5.88. The van der Waals surface area contributed by atoms with E-state index in [2.05, 4.69) is 10.4 Å². The maximum absolute atomic E-state index is 12.1. The Balaban J connectivity index is 1.60. The first-order chi connectivity index (χ1) is 11.1. The molecule has 6 nitrogen and oxygen atoms in total. The number of nitrogens with zero attached hydrogens (tertiary/aromatic N) is 2. The molecule has 1 aliphatic rings. The van der Waals surface area contributed by atoms with Gasteiger partial charge >= 0.3 is 5.97 Å². The lowest BCUT2D eigenvalue weighted by Crippen LogP contribution is -2.40. The Kier molecular flexibility index (Phi) is 4.41. The SMILES string of the molecule is O=C(Cc1cnn(-c2ccccc2)c1)N[C@H]1CCC[C@H]1C(=O)O. The molecule has 0 spiro atoms. The van der Waals surface area contributed by atoms with Gasteiger partial charge in [-0.1, -0.05) is 24.6 Å². The number of nitrogens with one attached hydrogen (secondary N) is 1. The topological polar surface area (TPSA) is 84.2 Å². The Morgan fingerprint density at radius 3 is 2.78 bits per heavy atom. The number of hydrogen-bond acceptors (Lipinski definition) is 3. The fourth-order valence-electron chi connectivity index (χ4n) is 3.04. The van der Waals surface area contributed by atoms with Crippen molar-refractivity contribution in [3.63, 3.8) is 0 Å². The summed E-state index contributed by atoms with van der Waals surface area (Å²) < 4.78 is 1.72. The van der Waals surface area contributed by atoms with Crippen LogP contribution in [0.15, 0.2) is 42.7 Å². The Morgan fingerprint density at radius 1 is 1.26 bits per heavy atom. The van der Waals surface area contributed by atoms with E-state index in [4.69, 9.17) is 5.11 Å². The van der Waals surface area contributed by atoms with Crippen molar-refractivity contribution in [1.82, 2.24) is 15.1 Å². The summed E-state index contributed by atoms with van der Waals surface area (Å²) in [7, 11) is 0. The summed E-state index contributed by atoms with van der Waals surface area (Å²) in [6.45, 7) is 0. The molecule has 2 N–H and O–H groups in total. The molecule has 0 bridgehead atoms. The summed E-state index contributed by atoms with van der Waals surface area (Å²) in [6, 6.07) is 9.40. The molecular formula is C17H19N3O3. The summed E-state index contributed by atoms with van der Waals surface area (Å²) in [4.78, 5) is 23.3. The molecule has 0 saturated heterocycles. The first-order valence-electron chi connectivity index (χ1n) is 7.74. The predicted molar refractivity (Wildman–Crippen MR) is 84.2 cm³/mol. The van der Waals surface area contributed by atoms with Gasteiger partial charge in [-0.15, -0.1) is 0 Å². The van der Waals surface area contributed by atoms with E-state index >= 15 is 0 Å². The van der Waals surface area contributed by atoms with Gasteiger partial charge in [-0.2, -0.15) is 5.10 Å². The summed E-state index contributed by atoms with van der Waals surface area (Å²) in [5.41, 5.74) is 1.73. The van der Waals surface area contributed by atoms with Gasteiger partial charge in [0, 0.05) is 12.2 Å². The third kappa shape index (κ3) is 3.59. The molecule has 6 heteroatoms. The van der Waals surface area contributed by atoms with Crippen molar-refractivity contribution in [3.8, 4) is 5.69 Å². The third-order valence-corrected chi connectivity index (χ3v) is 4.20. The van der Waals surface area contributed by atoms with Crippen LogP contribution in [0.2, 0.25) is 0 Å². The van der Waals surface area contributed by atoms with Crippen molar-refractivity contribution >= 4 is 11.9 Å². The lowest BCUT2D eigenvalue weighted by molar-refractivity contribution is -0.142. The van der Waals surface area contributed by atoms with Gasteiger partial charge in [0.15, 0.2) is 0 Å². The highest BCUT2D eigenvalue weighted by Crippen LogP contribution is 2.25. The molecule has 0 aliphatic heterocycles. The predicted octanol–water partition coefficient (Wildman–Crippen LogP) is 1.78. The maximum atomic E-state index is 12.1. The lowest BCUT2D eigenvalue weighted by atomic mass is 10.0. The average molecular weight is 313 g/mol. The van der Waals surface area contributed by atoms with Crippen molar-refractivity contribution in [2.75, 3.05) is 0 Å². The zero-order valence-electron chi connectivity index (χ0n) is 12.7. The van der Waals surface area contributed by atoms with Gasteiger partial charge in [0.1, 0.15) is 0 Å². The van der Waals surface area contributed by atoms with Crippen molar-refractivity contribution < 1.29 is 14.7 Å². The Bertz CT molecular complexity index is 696. The van der Waals surface area contributed by atoms with E-state index in [1.165, 1.54) is 0 Å². The van der Waals surface area contributed by atoms with E-state index in [1.807, 2.05) is 36.5 Å². The van der Waals surface area contributed by atoms with E-state index in [-0.39, 0.29) is 18.4 Å². The molecule has 1 aliphatic carbocycles. The molecule has 1 aromatic carbocycles. The maximum Gasteiger partial charge on any atom is 0.308 e. The molecule has 1 saturated carbocycles. The van der Waals surface area contributed by atoms with E-state index in [9.17, 15) is 9.59 Å². The van der Waals surface area contributed by atoms with Crippen molar-refractivity contribution in [3.05, 3.63) is 48.3 Å². The van der Waals surface area contributed by atoms with E-state index in [0.717, 1.165) is 24.1 Å². The number of aliphatic carboxylic acids is 1. The van der Waals surface area contributed by atoms with Gasteiger partial charge in [0.05, 0.1) is 24.2 Å². The molecule has 120 valence electrons. The average Bonchev–Trinajstić information content (AvgIpc) is 3.17. The zero-order valence-corrected chi connectivity index (χ0v) is 12.7. The van der Waals surface area contributed by atoms with Crippen LogP contribution >= 0.6 is 0 Å². The minimum atomic E-state index is -0.829. The number of para-hydroxylation sites is 1. The van der Waals surface area contributed by atoms with Crippen molar-refractivity contribution in [1.29, 1.82) is 0 Å². The largest absolute Gasteiger partial charge is 0.481 e. The Morgan fingerprint density at radius 2 is 2.04 bits per heavy atom. The molecule has 1 amide bonds. The van der Waals surface area contributed by atoms with Crippen LogP contribution in [0.1, 0.15) is 24.8 Å². The lowest BCUT2D eigenvalue weighted by Gasteiger charge is -2.17. The van der Waals surface area contributed by atoms with Gasteiger partial charge in [0.2, 0.25) is 5.91 Å². The van der Waals surface area contributed by atoms with E-state index in [1.54, 1.807) is 10.9 Å². The second kappa shape index (κ2) is 6.64. The van der Waals surface area contributed by atoms with Crippen molar-refractivity contribution in [2.45, 2.75) is 31.7 Å². The molecule has 1 fully saturated rings. The van der Waals surface area contributed by atoms with Gasteiger partial charge in [-0.25, -0.2) is 4.68 Å². The molecule has 0 unspecified atom stereocenters. The molecular weight excluding hydrogens is 294 g/mol. The van der Waals surface area contributed by atoms with Gasteiger partial charge < -0.3 is 10.4 Å². The Labute approximate surface area is 134 Å². The molecule has 3 rings (SSSR count). The van der Waals surface area contributed by atoms with Gasteiger partial charge in [-0.05, 0) is 30.5 Å². The zero-order chi connectivity index (χ0) is 16.2. The van der Waals surface area contributed by atoms with Crippen LogP contribution in [0.5, 0.6) is 0 Å². The normalized spacial score (nSPS) is 20.3. The molecule has 2 aromatic rings. The highest BCUT2D eigenvalue weighted by molar-refractivity contribution is 5.80. The van der Waals surface area contributed by atoms with E-state index < -0.39 is 11.9 Å². The number of hydrogen-bond donors (Lipinski definition) is 2. The highest BCUT2D eigenvalue weighted by atomic mass is 16.4. The number of benzene rings is 1. The fraction of sp³-hybridized carbons (Fsp3) is 0.353. The molecule has 2 atom stereocenters. The first-order valence-corrected chi connectivity index (χ1v) is 7.74.